The van der Waals surface area contributed by atoms with Gasteiger partial charge in [-0.05, 0) is 49.7 Å². The normalized spacial score (nSPS) is 23.2. The first-order valence-corrected chi connectivity index (χ1v) is 6.48. The van der Waals surface area contributed by atoms with Crippen LogP contribution >= 0.6 is 0 Å². The fourth-order valence-electron chi connectivity index (χ4n) is 2.70. The highest BCUT2D eigenvalue weighted by molar-refractivity contribution is 5.30. The van der Waals surface area contributed by atoms with E-state index in [0.717, 1.165) is 31.2 Å². The Kier molecular flexibility index (Phi) is 4.23. The number of fused-ring (bicyclic) bond motifs is 1. The molecule has 0 aromatic heterocycles. The van der Waals surface area contributed by atoms with Crippen molar-refractivity contribution in [1.82, 2.24) is 0 Å². The Hall–Kier alpha value is -1.26. The van der Waals surface area contributed by atoms with Crippen LogP contribution in [0.25, 0.3) is 0 Å². The molecule has 1 aromatic rings. The molecule has 1 N–H and O–H groups in total. The van der Waals surface area contributed by atoms with E-state index in [9.17, 15) is 5.11 Å². The monoisotopic (exact) mass is 228 g/mol. The Morgan fingerprint density at radius 2 is 2.18 bits per heavy atom. The topological polar surface area (TPSA) is 20.2 Å². The van der Waals surface area contributed by atoms with E-state index in [1.807, 2.05) is 13.0 Å². The fourth-order valence-corrected chi connectivity index (χ4v) is 2.70. The van der Waals surface area contributed by atoms with Gasteiger partial charge in [-0.1, -0.05) is 24.3 Å². The van der Waals surface area contributed by atoms with Gasteiger partial charge in [-0.15, -0.1) is 11.8 Å². The van der Waals surface area contributed by atoms with Crippen LogP contribution < -0.4 is 0 Å². The lowest BCUT2D eigenvalue weighted by atomic mass is 9.90. The summed E-state index contributed by atoms with van der Waals surface area (Å²) in [6.07, 6.45) is 5.01. The van der Waals surface area contributed by atoms with Crippen LogP contribution in [0.3, 0.4) is 0 Å². The highest BCUT2D eigenvalue weighted by Gasteiger charge is 2.24. The molecule has 0 spiro atoms. The molecule has 0 saturated heterocycles. The van der Waals surface area contributed by atoms with Crippen LogP contribution in [-0.4, -0.2) is 5.11 Å². The summed E-state index contributed by atoms with van der Waals surface area (Å²) in [7, 11) is 0. The first kappa shape index (κ1) is 12.2. The van der Waals surface area contributed by atoms with Gasteiger partial charge in [0, 0.05) is 6.42 Å². The van der Waals surface area contributed by atoms with Crippen molar-refractivity contribution in [3.8, 4) is 11.8 Å². The average Bonchev–Trinajstić information content (AvgIpc) is 2.51. The van der Waals surface area contributed by atoms with Gasteiger partial charge in [0.2, 0.25) is 0 Å². The predicted molar refractivity (Wildman–Crippen MR) is 70.5 cm³/mol. The van der Waals surface area contributed by atoms with Crippen LogP contribution in [0.2, 0.25) is 0 Å². The minimum atomic E-state index is -0.299. The van der Waals surface area contributed by atoms with Gasteiger partial charge < -0.3 is 5.11 Å². The Morgan fingerprint density at radius 3 is 3.00 bits per heavy atom. The molecule has 0 fully saturated rings. The number of aryl methyl sites for hydroxylation is 1. The van der Waals surface area contributed by atoms with E-state index in [4.69, 9.17) is 0 Å². The van der Waals surface area contributed by atoms with Crippen LogP contribution in [0, 0.1) is 17.8 Å². The molecular formula is C16H20O. The summed E-state index contributed by atoms with van der Waals surface area (Å²) in [5.41, 5.74) is 2.46. The van der Waals surface area contributed by atoms with Gasteiger partial charge >= 0.3 is 0 Å². The first-order valence-electron chi connectivity index (χ1n) is 6.48. The second-order valence-corrected chi connectivity index (χ2v) is 4.76. The fraction of sp³-hybridized carbons (Fsp3) is 0.500. The number of benzene rings is 1. The van der Waals surface area contributed by atoms with Crippen LogP contribution in [0.4, 0.5) is 0 Å². The molecule has 1 aliphatic rings. The zero-order chi connectivity index (χ0) is 12.1. The molecule has 0 saturated carbocycles. The number of hydrogen-bond donors (Lipinski definition) is 1. The Labute approximate surface area is 104 Å². The highest BCUT2D eigenvalue weighted by atomic mass is 16.3. The maximum absolute atomic E-state index is 10.5. The van der Waals surface area contributed by atoms with E-state index >= 15 is 0 Å². The van der Waals surface area contributed by atoms with Crippen molar-refractivity contribution in [2.45, 2.75) is 45.1 Å². The van der Waals surface area contributed by atoms with E-state index in [2.05, 4.69) is 30.0 Å². The Bertz CT molecular complexity index is 425. The summed E-state index contributed by atoms with van der Waals surface area (Å²) < 4.78 is 0. The molecule has 1 nitrogen and oxygen atoms in total. The standard InChI is InChI=1S/C16H20O/c1-2-3-4-9-14-11-7-10-13-8-5-6-12-15(13)16(14)17/h5-6,8,12,14,16-17H,4,7,9-11H2,1H3. The van der Waals surface area contributed by atoms with Crippen molar-refractivity contribution in [3.63, 3.8) is 0 Å². The summed E-state index contributed by atoms with van der Waals surface area (Å²) in [6, 6.07) is 8.31. The van der Waals surface area contributed by atoms with Gasteiger partial charge in [-0.3, -0.25) is 0 Å². The summed E-state index contributed by atoms with van der Waals surface area (Å²) in [5.74, 6) is 6.40. The third kappa shape index (κ3) is 2.90. The van der Waals surface area contributed by atoms with Crippen LogP contribution in [0.15, 0.2) is 24.3 Å². The third-order valence-electron chi connectivity index (χ3n) is 3.66. The summed E-state index contributed by atoms with van der Waals surface area (Å²) in [6.45, 7) is 1.87. The SMILES string of the molecule is CC#CCCC1CCCc2ccccc2C1O. The van der Waals surface area contributed by atoms with E-state index in [-0.39, 0.29) is 6.10 Å². The summed E-state index contributed by atoms with van der Waals surface area (Å²) >= 11 is 0. The van der Waals surface area contributed by atoms with Gasteiger partial charge in [-0.25, -0.2) is 0 Å². The lowest BCUT2D eigenvalue weighted by molar-refractivity contribution is 0.101. The van der Waals surface area contributed by atoms with Crippen molar-refractivity contribution >= 4 is 0 Å². The smallest absolute Gasteiger partial charge is 0.0821 e. The van der Waals surface area contributed by atoms with E-state index in [0.29, 0.717) is 5.92 Å². The maximum Gasteiger partial charge on any atom is 0.0821 e. The quantitative estimate of drug-likeness (QED) is 0.607. The molecule has 0 amide bonds. The largest absolute Gasteiger partial charge is 0.388 e. The van der Waals surface area contributed by atoms with Gasteiger partial charge in [0.25, 0.3) is 0 Å². The zero-order valence-corrected chi connectivity index (χ0v) is 10.4. The minimum absolute atomic E-state index is 0.299. The molecule has 1 heteroatoms. The molecule has 2 atom stereocenters. The maximum atomic E-state index is 10.5. The predicted octanol–water partition coefficient (Wildman–Crippen LogP) is 3.48. The molecule has 0 radical (unpaired) electrons. The number of aliphatic hydroxyl groups is 1. The van der Waals surface area contributed by atoms with Crippen LogP contribution in [0.5, 0.6) is 0 Å². The molecule has 2 unspecified atom stereocenters. The van der Waals surface area contributed by atoms with Gasteiger partial charge in [-0.2, -0.15) is 0 Å². The third-order valence-corrected chi connectivity index (χ3v) is 3.66. The molecule has 90 valence electrons. The van der Waals surface area contributed by atoms with Crippen molar-refractivity contribution in [3.05, 3.63) is 35.4 Å². The Balaban J connectivity index is 2.13. The van der Waals surface area contributed by atoms with Crippen molar-refractivity contribution in [1.29, 1.82) is 0 Å². The average molecular weight is 228 g/mol. The lowest BCUT2D eigenvalue weighted by Gasteiger charge is -2.21. The molecule has 0 heterocycles. The van der Waals surface area contributed by atoms with Gasteiger partial charge in [0.05, 0.1) is 6.10 Å². The molecular weight excluding hydrogens is 208 g/mol. The first-order chi connectivity index (χ1) is 8.33. The van der Waals surface area contributed by atoms with E-state index in [1.54, 1.807) is 0 Å². The number of hydrogen-bond acceptors (Lipinski definition) is 1. The van der Waals surface area contributed by atoms with E-state index < -0.39 is 0 Å². The zero-order valence-electron chi connectivity index (χ0n) is 10.4. The molecule has 0 aliphatic heterocycles. The summed E-state index contributed by atoms with van der Waals surface area (Å²) in [5, 5.41) is 10.5. The second kappa shape index (κ2) is 5.89. The molecule has 2 rings (SSSR count). The van der Waals surface area contributed by atoms with Gasteiger partial charge in [0.15, 0.2) is 0 Å². The molecule has 1 aliphatic carbocycles. The van der Waals surface area contributed by atoms with Crippen molar-refractivity contribution in [2.24, 2.45) is 5.92 Å². The summed E-state index contributed by atoms with van der Waals surface area (Å²) in [4.78, 5) is 0. The van der Waals surface area contributed by atoms with E-state index in [1.165, 1.54) is 12.0 Å². The number of rotatable bonds is 2. The van der Waals surface area contributed by atoms with Crippen LogP contribution in [0.1, 0.15) is 49.8 Å². The lowest BCUT2D eigenvalue weighted by Crippen LogP contribution is -2.11. The molecule has 1 aromatic carbocycles. The van der Waals surface area contributed by atoms with Crippen molar-refractivity contribution < 1.29 is 5.11 Å². The number of aliphatic hydroxyl groups excluding tert-OH is 1. The second-order valence-electron chi connectivity index (χ2n) is 4.76. The van der Waals surface area contributed by atoms with Crippen LogP contribution in [-0.2, 0) is 6.42 Å². The molecule has 0 bridgehead atoms. The van der Waals surface area contributed by atoms with Crippen molar-refractivity contribution in [2.75, 3.05) is 0 Å². The Morgan fingerprint density at radius 1 is 1.35 bits per heavy atom. The molecule has 17 heavy (non-hydrogen) atoms. The minimum Gasteiger partial charge on any atom is -0.388 e. The highest BCUT2D eigenvalue weighted by Crippen LogP contribution is 2.35. The van der Waals surface area contributed by atoms with Gasteiger partial charge in [0.1, 0.15) is 0 Å².